The summed E-state index contributed by atoms with van der Waals surface area (Å²) in [6.45, 7) is 2.08. The van der Waals surface area contributed by atoms with Crippen LogP contribution in [0.1, 0.15) is 76.2 Å². The van der Waals surface area contributed by atoms with E-state index in [4.69, 9.17) is 0 Å². The van der Waals surface area contributed by atoms with Gasteiger partial charge in [0.1, 0.15) is 0 Å². The molecular weight excluding hydrogens is 336 g/mol. The highest BCUT2D eigenvalue weighted by Crippen LogP contribution is 2.61. The molecule has 0 aliphatic heterocycles. The highest BCUT2D eigenvalue weighted by atomic mass is 16.2. The van der Waals surface area contributed by atoms with Gasteiger partial charge in [-0.1, -0.05) is 43.7 Å². The summed E-state index contributed by atoms with van der Waals surface area (Å²) in [6, 6.07) is 9.83. The van der Waals surface area contributed by atoms with Gasteiger partial charge in [-0.2, -0.15) is 0 Å². The summed E-state index contributed by atoms with van der Waals surface area (Å²) in [4.78, 5) is 25.3. The van der Waals surface area contributed by atoms with Crippen LogP contribution < -0.4 is 10.9 Å². The van der Waals surface area contributed by atoms with Gasteiger partial charge in [0.25, 0.3) is 0 Å². The molecule has 4 nitrogen and oxygen atoms in total. The zero-order valence-corrected chi connectivity index (χ0v) is 16.4. The predicted octanol–water partition coefficient (Wildman–Crippen LogP) is 4.32. The molecule has 0 radical (unpaired) electrons. The first-order valence-corrected chi connectivity index (χ1v) is 10.7. The highest BCUT2D eigenvalue weighted by Gasteiger charge is 2.51. The number of carbonyl (C=O) groups is 2. The van der Waals surface area contributed by atoms with Crippen molar-refractivity contribution in [2.24, 2.45) is 23.2 Å². The molecule has 4 bridgehead atoms. The van der Waals surface area contributed by atoms with Gasteiger partial charge in [0.05, 0.1) is 5.92 Å². The number of hydrazine groups is 1. The van der Waals surface area contributed by atoms with E-state index in [0.29, 0.717) is 6.42 Å². The van der Waals surface area contributed by atoms with Crippen molar-refractivity contribution in [2.45, 2.75) is 70.6 Å². The third-order valence-electron chi connectivity index (χ3n) is 7.12. The van der Waals surface area contributed by atoms with Crippen LogP contribution in [0.4, 0.5) is 0 Å². The lowest BCUT2D eigenvalue weighted by molar-refractivity contribution is -0.134. The summed E-state index contributed by atoms with van der Waals surface area (Å²) in [5, 5.41) is 0. The smallest absolute Gasteiger partial charge is 0.245 e. The number of hydrogen-bond acceptors (Lipinski definition) is 2. The van der Waals surface area contributed by atoms with Crippen LogP contribution >= 0.6 is 0 Å². The van der Waals surface area contributed by atoms with Gasteiger partial charge in [0.15, 0.2) is 0 Å². The Morgan fingerprint density at radius 2 is 1.59 bits per heavy atom. The first kappa shape index (κ1) is 18.5. The minimum Gasteiger partial charge on any atom is -0.273 e. The molecular formula is C23H32N2O2. The van der Waals surface area contributed by atoms with Crippen LogP contribution in [0.15, 0.2) is 30.3 Å². The largest absolute Gasteiger partial charge is 0.273 e. The second kappa shape index (κ2) is 7.65. The molecule has 0 spiro atoms. The maximum absolute atomic E-state index is 12.7. The van der Waals surface area contributed by atoms with Crippen LogP contribution in [-0.2, 0) is 9.59 Å². The van der Waals surface area contributed by atoms with Gasteiger partial charge in [-0.25, -0.2) is 0 Å². The monoisotopic (exact) mass is 368 g/mol. The third-order valence-corrected chi connectivity index (χ3v) is 7.12. The molecule has 1 aromatic rings. The van der Waals surface area contributed by atoms with Gasteiger partial charge in [-0.05, 0) is 73.7 Å². The van der Waals surface area contributed by atoms with E-state index in [1.54, 1.807) is 0 Å². The van der Waals surface area contributed by atoms with Crippen molar-refractivity contribution < 1.29 is 9.59 Å². The zero-order valence-electron chi connectivity index (χ0n) is 16.4. The number of rotatable bonds is 6. The lowest BCUT2D eigenvalue weighted by Gasteiger charge is -2.56. The molecule has 0 heterocycles. The molecule has 146 valence electrons. The van der Waals surface area contributed by atoms with Gasteiger partial charge in [-0.3, -0.25) is 20.4 Å². The van der Waals surface area contributed by atoms with Crippen LogP contribution in [0.25, 0.3) is 0 Å². The van der Waals surface area contributed by atoms with Gasteiger partial charge < -0.3 is 0 Å². The third kappa shape index (κ3) is 4.04. The van der Waals surface area contributed by atoms with E-state index >= 15 is 0 Å². The number of hydrogen-bond donors (Lipinski definition) is 2. The maximum Gasteiger partial charge on any atom is 0.245 e. The Morgan fingerprint density at radius 3 is 2.15 bits per heavy atom. The quantitative estimate of drug-likeness (QED) is 0.735. The summed E-state index contributed by atoms with van der Waals surface area (Å²) in [5.41, 5.74) is 6.64. The van der Waals surface area contributed by atoms with Crippen LogP contribution in [-0.4, -0.2) is 11.8 Å². The number of nitrogens with one attached hydrogen (secondary N) is 2. The van der Waals surface area contributed by atoms with Crippen LogP contribution in [0.3, 0.4) is 0 Å². The summed E-state index contributed by atoms with van der Waals surface area (Å²) in [7, 11) is 0. The lowest BCUT2D eigenvalue weighted by Crippen LogP contribution is -2.50. The van der Waals surface area contributed by atoms with Crippen molar-refractivity contribution in [2.75, 3.05) is 0 Å². The second-order valence-electron chi connectivity index (χ2n) is 9.38. The Morgan fingerprint density at radius 1 is 1.00 bits per heavy atom. The van der Waals surface area contributed by atoms with Gasteiger partial charge >= 0.3 is 0 Å². The molecule has 0 saturated heterocycles. The Bertz CT molecular complexity index is 650. The number of benzene rings is 1. The average molecular weight is 369 g/mol. The molecule has 4 fully saturated rings. The molecule has 2 amide bonds. The fraction of sp³-hybridized carbons (Fsp3) is 0.652. The first-order chi connectivity index (χ1) is 13.1. The Kier molecular flexibility index (Phi) is 5.25. The minimum absolute atomic E-state index is 0.0198. The molecule has 27 heavy (non-hydrogen) atoms. The lowest BCUT2D eigenvalue weighted by atomic mass is 9.49. The van der Waals surface area contributed by atoms with E-state index in [1.165, 1.54) is 38.5 Å². The van der Waals surface area contributed by atoms with Crippen molar-refractivity contribution in [3.63, 3.8) is 0 Å². The molecule has 1 aromatic carbocycles. The Labute approximate surface area is 162 Å². The van der Waals surface area contributed by atoms with Crippen molar-refractivity contribution in [1.82, 2.24) is 10.9 Å². The molecule has 2 N–H and O–H groups in total. The van der Waals surface area contributed by atoms with Crippen LogP contribution in [0.5, 0.6) is 0 Å². The van der Waals surface area contributed by atoms with Crippen molar-refractivity contribution >= 4 is 11.8 Å². The van der Waals surface area contributed by atoms with Crippen molar-refractivity contribution in [1.29, 1.82) is 0 Å². The Hall–Kier alpha value is -1.84. The Balaban J connectivity index is 1.33. The highest BCUT2D eigenvalue weighted by molar-refractivity contribution is 5.86. The van der Waals surface area contributed by atoms with E-state index < -0.39 is 0 Å². The molecule has 5 rings (SSSR count). The fourth-order valence-corrected chi connectivity index (χ4v) is 6.53. The average Bonchev–Trinajstić information content (AvgIpc) is 2.63. The molecule has 4 saturated carbocycles. The van der Waals surface area contributed by atoms with E-state index in [0.717, 1.165) is 36.2 Å². The topological polar surface area (TPSA) is 58.2 Å². The second-order valence-corrected chi connectivity index (χ2v) is 9.38. The van der Waals surface area contributed by atoms with Crippen LogP contribution in [0.2, 0.25) is 0 Å². The fourth-order valence-electron chi connectivity index (χ4n) is 6.53. The van der Waals surface area contributed by atoms with E-state index in [9.17, 15) is 9.59 Å². The van der Waals surface area contributed by atoms with Crippen molar-refractivity contribution in [3.8, 4) is 0 Å². The van der Waals surface area contributed by atoms with E-state index in [-0.39, 0.29) is 23.1 Å². The summed E-state index contributed by atoms with van der Waals surface area (Å²) in [5.74, 6) is 2.17. The molecule has 4 aliphatic carbocycles. The number of amides is 2. The maximum atomic E-state index is 12.7. The molecule has 0 aromatic heterocycles. The normalized spacial score (nSPS) is 32.1. The molecule has 1 atom stereocenters. The van der Waals surface area contributed by atoms with E-state index in [2.05, 4.69) is 17.8 Å². The van der Waals surface area contributed by atoms with E-state index in [1.807, 2.05) is 30.3 Å². The summed E-state index contributed by atoms with van der Waals surface area (Å²) >= 11 is 0. The molecule has 1 unspecified atom stereocenters. The summed E-state index contributed by atoms with van der Waals surface area (Å²) in [6.07, 6.45) is 10.1. The molecule has 4 heteroatoms. The van der Waals surface area contributed by atoms with Gasteiger partial charge in [0, 0.05) is 6.42 Å². The van der Waals surface area contributed by atoms with Gasteiger partial charge in [0.2, 0.25) is 11.8 Å². The van der Waals surface area contributed by atoms with Gasteiger partial charge in [-0.15, -0.1) is 0 Å². The van der Waals surface area contributed by atoms with Crippen molar-refractivity contribution in [3.05, 3.63) is 35.9 Å². The zero-order chi connectivity index (χ0) is 18.9. The SMILES string of the molecule is CCCC(C(=O)NNC(=O)CC12CC3CC(CC(C3)C1)C2)c1ccccc1. The summed E-state index contributed by atoms with van der Waals surface area (Å²) < 4.78 is 0. The molecule has 4 aliphatic rings. The van der Waals surface area contributed by atoms with Crippen LogP contribution in [0, 0.1) is 23.2 Å². The number of carbonyl (C=O) groups excluding carboxylic acids is 2. The minimum atomic E-state index is -0.212. The standard InChI is InChI=1S/C23H32N2O2/c1-2-6-20(19-7-4-3-5-8-19)22(27)25-24-21(26)15-23-12-16-9-17(13-23)11-18(10-16)14-23/h3-5,7-8,16-18,20H,2,6,9-15H2,1H3,(H,24,26)(H,25,27). The predicted molar refractivity (Wildman–Crippen MR) is 106 cm³/mol. The first-order valence-electron chi connectivity index (χ1n) is 10.7.